The minimum absolute atomic E-state index is 0.0782. The number of nitro groups is 1. The van der Waals surface area contributed by atoms with Crippen molar-refractivity contribution in [2.45, 2.75) is 6.61 Å². The second-order valence-electron chi connectivity index (χ2n) is 3.34. The number of benzene rings is 1. The first kappa shape index (κ1) is 12.5. The topological polar surface area (TPSA) is 129 Å². The molecule has 0 unspecified atom stereocenters. The maximum Gasteiger partial charge on any atom is 0.339 e. The molecule has 2 rings (SSSR count). The van der Waals surface area contributed by atoms with Crippen LogP contribution in [0, 0.1) is 10.1 Å². The lowest BCUT2D eigenvalue weighted by molar-refractivity contribution is -0.386. The minimum atomic E-state index is -1.33. The van der Waals surface area contributed by atoms with Gasteiger partial charge in [0.25, 0.3) is 5.89 Å². The lowest BCUT2D eigenvalue weighted by atomic mass is 10.2. The number of ether oxygens (including phenoxy) is 1. The van der Waals surface area contributed by atoms with Crippen molar-refractivity contribution in [2.75, 3.05) is 0 Å². The zero-order valence-corrected chi connectivity index (χ0v) is 9.35. The van der Waals surface area contributed by atoms with Crippen LogP contribution in [0.25, 0.3) is 0 Å². The molecule has 19 heavy (non-hydrogen) atoms. The maximum absolute atomic E-state index is 11.0. The van der Waals surface area contributed by atoms with Crippen molar-refractivity contribution in [1.29, 1.82) is 0 Å². The van der Waals surface area contributed by atoms with Gasteiger partial charge in [0.15, 0.2) is 12.9 Å². The van der Waals surface area contributed by atoms with Gasteiger partial charge >= 0.3 is 11.7 Å². The molecule has 0 aliphatic heterocycles. The third kappa shape index (κ3) is 2.65. The smallest absolute Gasteiger partial charge is 0.339 e. The van der Waals surface area contributed by atoms with Crippen LogP contribution in [0.4, 0.5) is 5.69 Å². The standard InChI is InChI=1S/C10H7N3O6/c14-10(15)6-2-1-3-7(13(16)17)9(6)18-4-8-11-5-12-19-8/h1-3,5H,4H2,(H,14,15). The number of rotatable bonds is 5. The molecule has 0 radical (unpaired) electrons. The van der Waals surface area contributed by atoms with Crippen LogP contribution in [0.5, 0.6) is 5.75 Å². The highest BCUT2D eigenvalue weighted by molar-refractivity contribution is 5.92. The molecule has 1 heterocycles. The fourth-order valence-corrected chi connectivity index (χ4v) is 1.38. The van der Waals surface area contributed by atoms with E-state index in [1.54, 1.807) is 0 Å². The second kappa shape index (κ2) is 5.12. The van der Waals surface area contributed by atoms with Gasteiger partial charge in [0.1, 0.15) is 5.56 Å². The number of para-hydroxylation sites is 1. The molecule has 0 aliphatic carbocycles. The third-order valence-corrected chi connectivity index (χ3v) is 2.17. The molecule has 2 aromatic rings. The van der Waals surface area contributed by atoms with E-state index in [1.165, 1.54) is 12.1 Å². The zero-order valence-electron chi connectivity index (χ0n) is 9.35. The summed E-state index contributed by atoms with van der Waals surface area (Å²) in [4.78, 5) is 24.8. The van der Waals surface area contributed by atoms with E-state index >= 15 is 0 Å². The monoisotopic (exact) mass is 265 g/mol. The lowest BCUT2D eigenvalue weighted by Gasteiger charge is -2.07. The van der Waals surface area contributed by atoms with Gasteiger partial charge in [-0.1, -0.05) is 11.2 Å². The van der Waals surface area contributed by atoms with E-state index in [-0.39, 0.29) is 23.8 Å². The summed E-state index contributed by atoms with van der Waals surface area (Å²) in [6.45, 7) is -0.259. The van der Waals surface area contributed by atoms with Crippen LogP contribution in [0.1, 0.15) is 16.2 Å². The number of carbonyl (C=O) groups is 1. The van der Waals surface area contributed by atoms with Crippen molar-refractivity contribution in [1.82, 2.24) is 10.1 Å². The third-order valence-electron chi connectivity index (χ3n) is 2.17. The minimum Gasteiger partial charge on any atom is -0.478 e. The van der Waals surface area contributed by atoms with E-state index in [1.807, 2.05) is 0 Å². The van der Waals surface area contributed by atoms with Gasteiger partial charge in [-0.3, -0.25) is 10.1 Å². The molecule has 9 nitrogen and oxygen atoms in total. The Kier molecular flexibility index (Phi) is 3.37. The Hall–Kier alpha value is -2.97. The zero-order chi connectivity index (χ0) is 13.8. The van der Waals surface area contributed by atoms with Crippen molar-refractivity contribution in [3.8, 4) is 5.75 Å². The predicted molar refractivity (Wildman–Crippen MR) is 58.7 cm³/mol. The van der Waals surface area contributed by atoms with Gasteiger partial charge in [-0.2, -0.15) is 4.98 Å². The van der Waals surface area contributed by atoms with Crippen molar-refractivity contribution in [2.24, 2.45) is 0 Å². The lowest BCUT2D eigenvalue weighted by Crippen LogP contribution is -2.06. The van der Waals surface area contributed by atoms with E-state index in [2.05, 4.69) is 14.7 Å². The predicted octanol–water partition coefficient (Wildman–Crippen LogP) is 1.25. The molecule has 0 atom stereocenters. The van der Waals surface area contributed by atoms with E-state index in [0.29, 0.717) is 0 Å². The Labute approximate surface area is 105 Å². The number of hydrogen-bond acceptors (Lipinski definition) is 7. The highest BCUT2D eigenvalue weighted by Crippen LogP contribution is 2.31. The molecule has 0 fully saturated rings. The number of nitrogens with zero attached hydrogens (tertiary/aromatic N) is 3. The number of nitro benzene ring substituents is 1. The van der Waals surface area contributed by atoms with E-state index < -0.39 is 16.6 Å². The molecule has 1 aromatic heterocycles. The SMILES string of the molecule is O=C(O)c1cccc([N+](=O)[O-])c1OCc1ncno1. The molecule has 98 valence electrons. The van der Waals surface area contributed by atoms with Crippen LogP contribution in [0.3, 0.4) is 0 Å². The number of aromatic carboxylic acids is 1. The number of hydrogen-bond donors (Lipinski definition) is 1. The highest BCUT2D eigenvalue weighted by atomic mass is 16.6. The molecule has 0 amide bonds. The Morgan fingerprint density at radius 2 is 2.32 bits per heavy atom. The van der Waals surface area contributed by atoms with Gasteiger partial charge in [0.05, 0.1) is 4.92 Å². The van der Waals surface area contributed by atoms with Gasteiger partial charge in [-0.25, -0.2) is 4.79 Å². The summed E-state index contributed by atoms with van der Waals surface area (Å²) < 4.78 is 9.77. The van der Waals surface area contributed by atoms with E-state index in [4.69, 9.17) is 9.84 Å². The van der Waals surface area contributed by atoms with Crippen LogP contribution in [-0.4, -0.2) is 26.1 Å². The summed E-state index contributed by atoms with van der Waals surface area (Å²) in [7, 11) is 0. The molecule has 1 aromatic carbocycles. The first-order chi connectivity index (χ1) is 9.09. The summed E-state index contributed by atoms with van der Waals surface area (Å²) in [5, 5.41) is 23.1. The summed E-state index contributed by atoms with van der Waals surface area (Å²) in [6, 6.07) is 3.62. The molecule has 9 heteroatoms. The molecule has 0 saturated carbocycles. The van der Waals surface area contributed by atoms with E-state index in [0.717, 1.165) is 12.4 Å². The van der Waals surface area contributed by atoms with Gasteiger partial charge in [-0.05, 0) is 6.07 Å². The summed E-state index contributed by atoms with van der Waals surface area (Å²) in [5.74, 6) is -1.60. The molecule has 0 saturated heterocycles. The highest BCUT2D eigenvalue weighted by Gasteiger charge is 2.23. The molecule has 1 N–H and O–H groups in total. The summed E-state index contributed by atoms with van der Waals surface area (Å²) in [5.41, 5.74) is -0.756. The first-order valence-corrected chi connectivity index (χ1v) is 4.98. The van der Waals surface area contributed by atoms with E-state index in [9.17, 15) is 14.9 Å². The first-order valence-electron chi connectivity index (χ1n) is 4.98. The van der Waals surface area contributed by atoms with Gasteiger partial charge in [-0.15, -0.1) is 0 Å². The normalized spacial score (nSPS) is 10.1. The molecule has 0 spiro atoms. The van der Waals surface area contributed by atoms with Crippen LogP contribution in [0.15, 0.2) is 29.0 Å². The van der Waals surface area contributed by atoms with Gasteiger partial charge < -0.3 is 14.4 Å². The Morgan fingerprint density at radius 1 is 1.53 bits per heavy atom. The average molecular weight is 265 g/mol. The van der Waals surface area contributed by atoms with Crippen LogP contribution < -0.4 is 4.74 Å². The molecular formula is C10H7N3O6. The number of carboxylic acids is 1. The Balaban J connectivity index is 2.35. The molecular weight excluding hydrogens is 258 g/mol. The Bertz CT molecular complexity index is 577. The van der Waals surface area contributed by atoms with Crippen LogP contribution in [-0.2, 0) is 6.61 Å². The summed E-state index contributed by atoms with van der Waals surface area (Å²) >= 11 is 0. The fraction of sp³-hybridized carbons (Fsp3) is 0.100. The number of carboxylic acid groups (broad SMARTS) is 1. The van der Waals surface area contributed by atoms with Crippen LogP contribution >= 0.6 is 0 Å². The average Bonchev–Trinajstić information content (AvgIpc) is 2.88. The summed E-state index contributed by atoms with van der Waals surface area (Å²) in [6.07, 6.45) is 1.14. The van der Waals surface area contributed by atoms with Gasteiger partial charge in [0, 0.05) is 6.07 Å². The fourth-order valence-electron chi connectivity index (χ4n) is 1.38. The largest absolute Gasteiger partial charge is 0.478 e. The Morgan fingerprint density at radius 3 is 2.89 bits per heavy atom. The van der Waals surface area contributed by atoms with Crippen LogP contribution in [0.2, 0.25) is 0 Å². The second-order valence-corrected chi connectivity index (χ2v) is 3.34. The van der Waals surface area contributed by atoms with Crippen molar-refractivity contribution in [3.05, 3.63) is 46.1 Å². The van der Waals surface area contributed by atoms with Crippen molar-refractivity contribution in [3.63, 3.8) is 0 Å². The molecule has 0 bridgehead atoms. The van der Waals surface area contributed by atoms with Gasteiger partial charge in [0.2, 0.25) is 5.75 Å². The van der Waals surface area contributed by atoms with Crippen molar-refractivity contribution >= 4 is 11.7 Å². The maximum atomic E-state index is 11.0. The number of aromatic nitrogens is 2. The van der Waals surface area contributed by atoms with Crippen molar-refractivity contribution < 1.29 is 24.1 Å². The molecule has 0 aliphatic rings. The quantitative estimate of drug-likeness (QED) is 0.631.